The molecule has 2 rings (SSSR count). The van der Waals surface area contributed by atoms with E-state index in [1.165, 1.54) is 18.4 Å². The number of amides is 1. The molecule has 19 heavy (non-hydrogen) atoms. The van der Waals surface area contributed by atoms with Gasteiger partial charge in [0, 0.05) is 13.0 Å². The largest absolute Gasteiger partial charge is 0.352 e. The summed E-state index contributed by atoms with van der Waals surface area (Å²) in [5, 5.41) is 8.40. The number of piperidine rings is 1. The number of nitrogens with one attached hydrogen (secondary N) is 2. The maximum absolute atomic E-state index is 11.7. The van der Waals surface area contributed by atoms with E-state index >= 15 is 0 Å². The van der Waals surface area contributed by atoms with E-state index in [1.54, 1.807) is 11.3 Å². The van der Waals surface area contributed by atoms with Crippen molar-refractivity contribution in [3.8, 4) is 0 Å². The van der Waals surface area contributed by atoms with Crippen LogP contribution in [0.5, 0.6) is 0 Å². The van der Waals surface area contributed by atoms with Gasteiger partial charge in [0.05, 0.1) is 3.79 Å². The lowest BCUT2D eigenvalue weighted by atomic mass is 9.93. The number of carbonyl (C=O) groups is 1. The number of thiophene rings is 1. The molecule has 2 N–H and O–H groups in total. The van der Waals surface area contributed by atoms with Crippen molar-refractivity contribution in [3.05, 3.63) is 20.8 Å². The Morgan fingerprint density at radius 1 is 1.47 bits per heavy atom. The quantitative estimate of drug-likeness (QED) is 0.838. The number of hydrogen-bond acceptors (Lipinski definition) is 3. The summed E-state index contributed by atoms with van der Waals surface area (Å²) in [7, 11) is 0. The van der Waals surface area contributed by atoms with Crippen LogP contribution in [0.3, 0.4) is 0 Å². The Morgan fingerprint density at radius 3 is 2.84 bits per heavy atom. The van der Waals surface area contributed by atoms with Gasteiger partial charge in [-0.3, -0.25) is 4.79 Å². The third-order valence-corrected chi connectivity index (χ3v) is 4.90. The van der Waals surface area contributed by atoms with Crippen molar-refractivity contribution in [2.75, 3.05) is 13.1 Å². The van der Waals surface area contributed by atoms with Crippen LogP contribution in [-0.4, -0.2) is 19.0 Å². The standard InChI is InChI=1S/C13H19BrN2OS.ClH/c14-12-7-11(9-18-12)8-16-13(17)2-1-10-3-5-15-6-4-10;/h7,9-10,15H,1-6,8H2,(H,16,17);1H. The molecule has 0 aromatic carbocycles. The predicted octanol–water partition coefficient (Wildman–Crippen LogP) is 3.33. The SMILES string of the molecule is Cl.O=C(CCC1CCNCC1)NCc1csc(Br)c1. The Kier molecular flexibility index (Phi) is 7.99. The average Bonchev–Trinajstić information content (AvgIpc) is 2.81. The molecular weight excluding hydrogens is 348 g/mol. The Balaban J connectivity index is 0.00000180. The second-order valence-electron chi connectivity index (χ2n) is 4.77. The summed E-state index contributed by atoms with van der Waals surface area (Å²) in [5.41, 5.74) is 1.17. The van der Waals surface area contributed by atoms with Gasteiger partial charge in [0.1, 0.15) is 0 Å². The number of rotatable bonds is 5. The first kappa shape index (κ1) is 17.0. The van der Waals surface area contributed by atoms with E-state index in [4.69, 9.17) is 0 Å². The number of hydrogen-bond donors (Lipinski definition) is 2. The highest BCUT2D eigenvalue weighted by Gasteiger charge is 2.14. The zero-order chi connectivity index (χ0) is 12.8. The van der Waals surface area contributed by atoms with Crippen LogP contribution in [0.1, 0.15) is 31.2 Å². The zero-order valence-corrected chi connectivity index (χ0v) is 14.0. The topological polar surface area (TPSA) is 41.1 Å². The van der Waals surface area contributed by atoms with Crippen molar-refractivity contribution in [1.29, 1.82) is 0 Å². The zero-order valence-electron chi connectivity index (χ0n) is 10.8. The van der Waals surface area contributed by atoms with Crippen LogP contribution >= 0.6 is 39.7 Å². The number of carbonyl (C=O) groups excluding carboxylic acids is 1. The van der Waals surface area contributed by atoms with Crippen molar-refractivity contribution in [2.24, 2.45) is 5.92 Å². The van der Waals surface area contributed by atoms with Gasteiger partial charge in [-0.2, -0.15) is 0 Å². The molecule has 1 fully saturated rings. The van der Waals surface area contributed by atoms with Crippen LogP contribution in [0.2, 0.25) is 0 Å². The van der Waals surface area contributed by atoms with E-state index in [1.807, 2.05) is 0 Å². The van der Waals surface area contributed by atoms with Gasteiger partial charge in [-0.05, 0) is 71.2 Å². The fourth-order valence-corrected chi connectivity index (χ4v) is 3.44. The summed E-state index contributed by atoms with van der Waals surface area (Å²) < 4.78 is 1.11. The van der Waals surface area contributed by atoms with Crippen molar-refractivity contribution < 1.29 is 4.79 Å². The first-order chi connectivity index (χ1) is 8.74. The lowest BCUT2D eigenvalue weighted by molar-refractivity contribution is -0.121. The third kappa shape index (κ3) is 6.25. The minimum absolute atomic E-state index is 0. The van der Waals surface area contributed by atoms with E-state index in [0.717, 1.165) is 29.2 Å². The maximum atomic E-state index is 11.7. The molecule has 1 aliphatic heterocycles. The molecule has 0 unspecified atom stereocenters. The molecule has 2 heterocycles. The lowest BCUT2D eigenvalue weighted by Gasteiger charge is -2.22. The Bertz CT molecular complexity index is 394. The lowest BCUT2D eigenvalue weighted by Crippen LogP contribution is -2.29. The summed E-state index contributed by atoms with van der Waals surface area (Å²) in [6, 6.07) is 2.05. The first-order valence-corrected chi connectivity index (χ1v) is 8.11. The van der Waals surface area contributed by atoms with Gasteiger partial charge in [-0.15, -0.1) is 23.7 Å². The molecule has 6 heteroatoms. The molecule has 1 saturated heterocycles. The van der Waals surface area contributed by atoms with Crippen molar-refractivity contribution in [3.63, 3.8) is 0 Å². The van der Waals surface area contributed by atoms with Crippen molar-refractivity contribution in [2.45, 2.75) is 32.2 Å². The van der Waals surface area contributed by atoms with Crippen molar-refractivity contribution >= 4 is 45.6 Å². The molecule has 108 valence electrons. The molecule has 1 amide bonds. The molecule has 0 atom stereocenters. The van der Waals surface area contributed by atoms with Crippen LogP contribution in [0.25, 0.3) is 0 Å². The molecule has 0 spiro atoms. The van der Waals surface area contributed by atoms with Gasteiger partial charge < -0.3 is 10.6 Å². The average molecular weight is 368 g/mol. The van der Waals surface area contributed by atoms with Crippen LogP contribution in [-0.2, 0) is 11.3 Å². The van der Waals surface area contributed by atoms with Gasteiger partial charge in [0.15, 0.2) is 0 Å². The summed E-state index contributed by atoms with van der Waals surface area (Å²) in [6.07, 6.45) is 4.12. The Morgan fingerprint density at radius 2 is 2.21 bits per heavy atom. The van der Waals surface area contributed by atoms with Gasteiger partial charge >= 0.3 is 0 Å². The Hall–Kier alpha value is -0.100. The van der Waals surface area contributed by atoms with E-state index in [-0.39, 0.29) is 18.3 Å². The molecule has 0 aliphatic carbocycles. The molecular formula is C13H20BrClN2OS. The minimum atomic E-state index is 0. The van der Waals surface area contributed by atoms with Crippen LogP contribution < -0.4 is 10.6 Å². The van der Waals surface area contributed by atoms with Gasteiger partial charge in [-0.25, -0.2) is 0 Å². The van der Waals surface area contributed by atoms with E-state index in [2.05, 4.69) is 38.0 Å². The van der Waals surface area contributed by atoms with Gasteiger partial charge in [0.25, 0.3) is 0 Å². The van der Waals surface area contributed by atoms with Crippen LogP contribution in [0.15, 0.2) is 15.2 Å². The second-order valence-corrected chi connectivity index (χ2v) is 7.06. The van der Waals surface area contributed by atoms with E-state index < -0.39 is 0 Å². The minimum Gasteiger partial charge on any atom is -0.352 e. The van der Waals surface area contributed by atoms with Crippen molar-refractivity contribution in [1.82, 2.24) is 10.6 Å². The Labute approximate surface area is 133 Å². The first-order valence-electron chi connectivity index (χ1n) is 6.44. The highest BCUT2D eigenvalue weighted by Crippen LogP contribution is 2.20. The summed E-state index contributed by atoms with van der Waals surface area (Å²) >= 11 is 5.07. The second kappa shape index (κ2) is 8.95. The van der Waals surface area contributed by atoms with Crippen LogP contribution in [0, 0.1) is 5.92 Å². The summed E-state index contributed by atoms with van der Waals surface area (Å²) in [6.45, 7) is 2.86. The maximum Gasteiger partial charge on any atom is 0.220 e. The monoisotopic (exact) mass is 366 g/mol. The molecule has 0 bridgehead atoms. The highest BCUT2D eigenvalue weighted by atomic mass is 79.9. The van der Waals surface area contributed by atoms with E-state index in [9.17, 15) is 4.79 Å². The molecule has 0 radical (unpaired) electrons. The summed E-state index contributed by atoms with van der Waals surface area (Å²) in [5.74, 6) is 0.906. The van der Waals surface area contributed by atoms with Gasteiger partial charge in [0.2, 0.25) is 5.91 Å². The molecule has 1 aromatic rings. The van der Waals surface area contributed by atoms with Gasteiger partial charge in [-0.1, -0.05) is 0 Å². The smallest absolute Gasteiger partial charge is 0.220 e. The molecule has 0 saturated carbocycles. The normalized spacial score (nSPS) is 15.8. The fraction of sp³-hybridized carbons (Fsp3) is 0.615. The highest BCUT2D eigenvalue weighted by molar-refractivity contribution is 9.11. The predicted molar refractivity (Wildman–Crippen MR) is 85.9 cm³/mol. The summed E-state index contributed by atoms with van der Waals surface area (Å²) in [4.78, 5) is 11.7. The van der Waals surface area contributed by atoms with E-state index in [0.29, 0.717) is 13.0 Å². The van der Waals surface area contributed by atoms with Crippen LogP contribution in [0.4, 0.5) is 0 Å². The molecule has 1 aromatic heterocycles. The molecule has 1 aliphatic rings. The molecule has 3 nitrogen and oxygen atoms in total. The fourth-order valence-electron chi connectivity index (χ4n) is 2.23. The third-order valence-electron chi connectivity index (χ3n) is 3.35. The number of halogens is 2.